The van der Waals surface area contributed by atoms with E-state index in [1.54, 1.807) is 5.51 Å². The van der Waals surface area contributed by atoms with Gasteiger partial charge < -0.3 is 5.32 Å². The Morgan fingerprint density at radius 1 is 1.53 bits per heavy atom. The van der Waals surface area contributed by atoms with Crippen LogP contribution in [0.1, 0.15) is 47.5 Å². The summed E-state index contributed by atoms with van der Waals surface area (Å²) in [6, 6.07) is 0. The zero-order valence-corrected chi connectivity index (χ0v) is 12.4. The van der Waals surface area contributed by atoms with E-state index < -0.39 is 0 Å². The molecule has 1 fully saturated rings. The number of aromatic nitrogens is 1. The van der Waals surface area contributed by atoms with E-state index in [1.807, 2.05) is 6.92 Å². The van der Waals surface area contributed by atoms with Gasteiger partial charge in [-0.25, -0.2) is 4.98 Å². The van der Waals surface area contributed by atoms with Crippen LogP contribution in [0.2, 0.25) is 0 Å². The number of hydrogen-bond acceptors (Lipinski definition) is 3. The molecule has 3 nitrogen and oxygen atoms in total. The van der Waals surface area contributed by atoms with Gasteiger partial charge in [-0.15, -0.1) is 11.3 Å². The summed E-state index contributed by atoms with van der Waals surface area (Å²) in [7, 11) is 0. The highest BCUT2D eigenvalue weighted by molar-refractivity contribution is 9.09. The highest BCUT2D eigenvalue weighted by Crippen LogP contribution is 2.30. The van der Waals surface area contributed by atoms with Gasteiger partial charge in [-0.3, -0.25) is 4.79 Å². The summed E-state index contributed by atoms with van der Waals surface area (Å²) in [6.07, 6.45) is 5.83. The fourth-order valence-electron chi connectivity index (χ4n) is 2.34. The summed E-state index contributed by atoms with van der Waals surface area (Å²) in [4.78, 5) is 17.1. The van der Waals surface area contributed by atoms with Crippen molar-refractivity contribution < 1.29 is 4.79 Å². The molecule has 0 unspecified atom stereocenters. The molecule has 0 aromatic carbocycles. The molecule has 5 heteroatoms. The summed E-state index contributed by atoms with van der Waals surface area (Å²) in [5, 5.41) is 4.05. The molecule has 17 heavy (non-hydrogen) atoms. The van der Waals surface area contributed by atoms with Gasteiger partial charge in [0.2, 0.25) is 0 Å². The number of carbonyl (C=O) groups is 1. The first-order valence-electron chi connectivity index (χ1n) is 5.95. The number of thiazole rings is 1. The zero-order valence-electron chi connectivity index (χ0n) is 9.96. The maximum Gasteiger partial charge on any atom is 0.263 e. The van der Waals surface area contributed by atoms with Gasteiger partial charge in [-0.05, 0) is 19.8 Å². The minimum atomic E-state index is -0.0498. The third-order valence-electron chi connectivity index (χ3n) is 3.40. The smallest absolute Gasteiger partial charge is 0.263 e. The molecule has 1 aliphatic rings. The van der Waals surface area contributed by atoms with E-state index in [4.69, 9.17) is 0 Å². The molecule has 1 aromatic heterocycles. The van der Waals surface area contributed by atoms with Crippen LogP contribution < -0.4 is 5.32 Å². The number of rotatable bonds is 3. The van der Waals surface area contributed by atoms with Crippen molar-refractivity contribution in [1.29, 1.82) is 0 Å². The second kappa shape index (κ2) is 5.48. The molecule has 0 atom stereocenters. The van der Waals surface area contributed by atoms with Crippen molar-refractivity contribution in [3.8, 4) is 0 Å². The van der Waals surface area contributed by atoms with E-state index in [1.165, 1.54) is 30.6 Å². The first-order chi connectivity index (χ1) is 8.17. The van der Waals surface area contributed by atoms with E-state index >= 15 is 0 Å². The fourth-order valence-corrected chi connectivity index (χ4v) is 3.74. The Morgan fingerprint density at radius 3 is 2.76 bits per heavy atom. The molecule has 2 rings (SSSR count). The highest BCUT2D eigenvalue weighted by atomic mass is 79.9. The molecular weight excluding hydrogens is 300 g/mol. The van der Waals surface area contributed by atoms with Crippen molar-refractivity contribution in [2.45, 2.75) is 44.6 Å². The lowest BCUT2D eigenvalue weighted by Gasteiger charge is -2.36. The average Bonchev–Trinajstić information content (AvgIpc) is 2.77. The van der Waals surface area contributed by atoms with Gasteiger partial charge in [0.05, 0.1) is 16.7 Å². The first kappa shape index (κ1) is 13.0. The van der Waals surface area contributed by atoms with Crippen molar-refractivity contribution >= 4 is 33.2 Å². The molecule has 0 bridgehead atoms. The monoisotopic (exact) mass is 316 g/mol. The Bertz CT molecular complexity index is 399. The van der Waals surface area contributed by atoms with Crippen molar-refractivity contribution in [1.82, 2.24) is 10.3 Å². The SMILES string of the molecule is Cc1ncsc1C(=O)NC1(CBr)CCCCC1. The summed E-state index contributed by atoms with van der Waals surface area (Å²) >= 11 is 4.97. The van der Waals surface area contributed by atoms with Crippen LogP contribution in [0.5, 0.6) is 0 Å². The summed E-state index contributed by atoms with van der Waals surface area (Å²) in [5.41, 5.74) is 2.51. The van der Waals surface area contributed by atoms with Gasteiger partial charge in [0.1, 0.15) is 4.88 Å². The van der Waals surface area contributed by atoms with Gasteiger partial charge in [-0.2, -0.15) is 0 Å². The van der Waals surface area contributed by atoms with Crippen LogP contribution >= 0.6 is 27.3 Å². The molecule has 0 aliphatic heterocycles. The Hall–Kier alpha value is -0.420. The molecule has 1 aromatic rings. The van der Waals surface area contributed by atoms with E-state index in [-0.39, 0.29) is 11.4 Å². The number of carbonyl (C=O) groups excluding carboxylic acids is 1. The third kappa shape index (κ3) is 2.88. The van der Waals surface area contributed by atoms with Gasteiger partial charge in [0.15, 0.2) is 0 Å². The van der Waals surface area contributed by atoms with Crippen LogP contribution in [0.15, 0.2) is 5.51 Å². The number of halogens is 1. The third-order valence-corrected chi connectivity index (χ3v) is 5.40. The molecule has 94 valence electrons. The minimum Gasteiger partial charge on any atom is -0.345 e. The molecule has 0 radical (unpaired) electrons. The number of nitrogens with zero attached hydrogens (tertiary/aromatic N) is 1. The Balaban J connectivity index is 2.08. The van der Waals surface area contributed by atoms with Gasteiger partial charge in [0.25, 0.3) is 5.91 Å². The molecule has 1 heterocycles. The topological polar surface area (TPSA) is 42.0 Å². The largest absolute Gasteiger partial charge is 0.345 e. The number of nitrogens with one attached hydrogen (secondary N) is 1. The van der Waals surface area contributed by atoms with E-state index in [9.17, 15) is 4.79 Å². The van der Waals surface area contributed by atoms with Gasteiger partial charge in [-0.1, -0.05) is 35.2 Å². The number of amides is 1. The van der Waals surface area contributed by atoms with Crippen molar-refractivity contribution in [3.05, 3.63) is 16.1 Å². The maximum atomic E-state index is 12.2. The standard InChI is InChI=1S/C12H17BrN2OS/c1-9-10(17-8-14-9)11(16)15-12(7-13)5-3-2-4-6-12/h8H,2-7H2,1H3,(H,15,16). The fraction of sp³-hybridized carbons (Fsp3) is 0.667. The van der Waals surface area contributed by atoms with Gasteiger partial charge in [0, 0.05) is 5.33 Å². The predicted molar refractivity (Wildman–Crippen MR) is 73.9 cm³/mol. The number of aryl methyl sites for hydroxylation is 1. The van der Waals surface area contributed by atoms with E-state index in [0.29, 0.717) is 0 Å². The van der Waals surface area contributed by atoms with Crippen LogP contribution in [0.3, 0.4) is 0 Å². The molecule has 1 aliphatic carbocycles. The van der Waals surface area contributed by atoms with Crippen LogP contribution in [-0.2, 0) is 0 Å². The number of alkyl halides is 1. The Morgan fingerprint density at radius 2 is 2.24 bits per heavy atom. The zero-order chi connectivity index (χ0) is 12.3. The van der Waals surface area contributed by atoms with Crippen LogP contribution in [-0.4, -0.2) is 21.8 Å². The lowest BCUT2D eigenvalue weighted by Crippen LogP contribution is -2.51. The first-order valence-corrected chi connectivity index (χ1v) is 7.95. The van der Waals surface area contributed by atoms with Crippen molar-refractivity contribution in [2.75, 3.05) is 5.33 Å². The molecule has 1 amide bonds. The quantitative estimate of drug-likeness (QED) is 0.869. The van der Waals surface area contributed by atoms with Crippen molar-refractivity contribution in [3.63, 3.8) is 0 Å². The summed E-state index contributed by atoms with van der Waals surface area (Å²) in [5.74, 6) is 0.0337. The normalized spacial score (nSPS) is 18.9. The van der Waals surface area contributed by atoms with Crippen LogP contribution in [0.4, 0.5) is 0 Å². The predicted octanol–water partition coefficient (Wildman–Crippen LogP) is 3.28. The molecule has 0 saturated heterocycles. The Labute approximate surface area is 114 Å². The lowest BCUT2D eigenvalue weighted by molar-refractivity contribution is 0.0890. The highest BCUT2D eigenvalue weighted by Gasteiger charge is 2.33. The van der Waals surface area contributed by atoms with E-state index in [2.05, 4.69) is 26.2 Å². The van der Waals surface area contributed by atoms with Crippen LogP contribution in [0.25, 0.3) is 0 Å². The van der Waals surface area contributed by atoms with Crippen LogP contribution in [0, 0.1) is 6.92 Å². The van der Waals surface area contributed by atoms with E-state index in [0.717, 1.165) is 28.7 Å². The molecular formula is C12H17BrN2OS. The number of hydrogen-bond donors (Lipinski definition) is 1. The summed E-state index contributed by atoms with van der Waals surface area (Å²) in [6.45, 7) is 1.88. The second-order valence-corrected chi connectivity index (χ2v) is 6.11. The lowest BCUT2D eigenvalue weighted by atomic mass is 9.83. The minimum absolute atomic E-state index is 0.0337. The molecule has 1 saturated carbocycles. The Kier molecular flexibility index (Phi) is 4.20. The molecule has 0 spiro atoms. The average molecular weight is 317 g/mol. The summed E-state index contributed by atoms with van der Waals surface area (Å²) < 4.78 is 0. The second-order valence-electron chi connectivity index (χ2n) is 4.70. The van der Waals surface area contributed by atoms with Gasteiger partial charge >= 0.3 is 0 Å². The maximum absolute atomic E-state index is 12.2. The molecule has 1 N–H and O–H groups in total. The van der Waals surface area contributed by atoms with Crippen molar-refractivity contribution in [2.24, 2.45) is 0 Å².